The van der Waals surface area contributed by atoms with Crippen molar-refractivity contribution in [3.05, 3.63) is 83.4 Å². The minimum absolute atomic E-state index is 0.0313. The molecule has 9 nitrogen and oxygen atoms in total. The number of ether oxygens (including phenoxy) is 3. The summed E-state index contributed by atoms with van der Waals surface area (Å²) in [5, 5.41) is 2.81. The van der Waals surface area contributed by atoms with Crippen molar-refractivity contribution < 1.29 is 23.8 Å². The third-order valence-corrected chi connectivity index (χ3v) is 6.58. The number of carbonyl (C=O) groups is 2. The van der Waals surface area contributed by atoms with Gasteiger partial charge in [0.2, 0.25) is 5.82 Å². The SMILES string of the molecule is CC(C)(C)NC(=O)OC1CC(Oc2ccc(C(C)(C)c3ccc(OCc4ccnc(C(N)=O)n4)cc3)cc2)C1. The molecule has 1 aromatic heterocycles. The summed E-state index contributed by atoms with van der Waals surface area (Å²) in [7, 11) is 0. The van der Waals surface area contributed by atoms with E-state index in [9.17, 15) is 9.59 Å². The molecule has 1 saturated carbocycles. The third kappa shape index (κ3) is 7.46. The van der Waals surface area contributed by atoms with Crippen LogP contribution < -0.4 is 20.5 Å². The molecule has 0 saturated heterocycles. The molecule has 0 spiro atoms. The molecule has 4 rings (SSSR count). The lowest BCUT2D eigenvalue weighted by Crippen LogP contribution is -2.46. The van der Waals surface area contributed by atoms with Crippen LogP contribution in [0.4, 0.5) is 4.79 Å². The summed E-state index contributed by atoms with van der Waals surface area (Å²) in [5.74, 6) is 0.782. The largest absolute Gasteiger partial charge is 0.490 e. The van der Waals surface area contributed by atoms with Gasteiger partial charge in [-0.2, -0.15) is 0 Å². The highest BCUT2D eigenvalue weighted by Crippen LogP contribution is 2.34. The first-order valence-corrected chi connectivity index (χ1v) is 13.0. The van der Waals surface area contributed by atoms with Crippen molar-refractivity contribution in [2.45, 2.75) is 77.2 Å². The number of hydrogen-bond acceptors (Lipinski definition) is 7. The summed E-state index contributed by atoms with van der Waals surface area (Å²) in [4.78, 5) is 31.1. The normalized spacial score (nSPS) is 17.1. The van der Waals surface area contributed by atoms with Crippen molar-refractivity contribution >= 4 is 12.0 Å². The van der Waals surface area contributed by atoms with Crippen LogP contribution in [0.2, 0.25) is 0 Å². The second-order valence-electron chi connectivity index (χ2n) is 11.3. The van der Waals surface area contributed by atoms with Gasteiger partial charge in [-0.1, -0.05) is 38.1 Å². The monoisotopic (exact) mass is 532 g/mol. The van der Waals surface area contributed by atoms with Crippen LogP contribution in [0.3, 0.4) is 0 Å². The predicted octanol–water partition coefficient (Wildman–Crippen LogP) is 4.91. The van der Waals surface area contributed by atoms with E-state index in [4.69, 9.17) is 19.9 Å². The summed E-state index contributed by atoms with van der Waals surface area (Å²) in [6.07, 6.45) is 2.39. The van der Waals surface area contributed by atoms with Gasteiger partial charge in [0.15, 0.2) is 0 Å². The van der Waals surface area contributed by atoms with Gasteiger partial charge < -0.3 is 25.3 Å². The first kappa shape index (κ1) is 27.9. The van der Waals surface area contributed by atoms with Gasteiger partial charge >= 0.3 is 6.09 Å². The molecular weight excluding hydrogens is 496 g/mol. The van der Waals surface area contributed by atoms with Gasteiger partial charge in [0.05, 0.1) is 5.69 Å². The fourth-order valence-corrected chi connectivity index (χ4v) is 4.23. The zero-order valence-corrected chi connectivity index (χ0v) is 23.1. The standard InChI is InChI=1S/C30H36N4O5/c1-29(2,3)34-28(36)39-25-16-24(17-25)38-23-12-8-20(9-13-23)30(4,5)19-6-10-22(11-7-19)37-18-21-14-15-32-27(33-21)26(31)35/h6-15,24-25H,16-18H2,1-5H3,(H2,31,35)(H,34,36). The molecule has 1 aliphatic rings. The molecule has 1 fully saturated rings. The Hall–Kier alpha value is -4.14. The lowest BCUT2D eigenvalue weighted by molar-refractivity contribution is -0.0243. The van der Waals surface area contributed by atoms with E-state index in [0.717, 1.165) is 16.9 Å². The number of alkyl carbamates (subject to hydrolysis) is 1. The van der Waals surface area contributed by atoms with Gasteiger partial charge in [-0.05, 0) is 62.2 Å². The Balaban J connectivity index is 1.28. The number of nitrogens with one attached hydrogen (secondary N) is 1. The van der Waals surface area contributed by atoms with E-state index >= 15 is 0 Å². The molecule has 206 valence electrons. The topological polar surface area (TPSA) is 126 Å². The van der Waals surface area contributed by atoms with Crippen LogP contribution in [0.5, 0.6) is 11.5 Å². The zero-order chi connectivity index (χ0) is 28.2. The number of nitrogens with zero attached hydrogens (tertiary/aromatic N) is 2. The minimum Gasteiger partial charge on any atom is -0.490 e. The molecule has 9 heteroatoms. The fourth-order valence-electron chi connectivity index (χ4n) is 4.23. The van der Waals surface area contributed by atoms with E-state index in [1.54, 1.807) is 6.07 Å². The maximum atomic E-state index is 11.9. The molecule has 39 heavy (non-hydrogen) atoms. The van der Waals surface area contributed by atoms with E-state index in [0.29, 0.717) is 24.3 Å². The lowest BCUT2D eigenvalue weighted by Gasteiger charge is -2.35. The van der Waals surface area contributed by atoms with E-state index < -0.39 is 5.91 Å². The van der Waals surface area contributed by atoms with Crippen molar-refractivity contribution in [2.24, 2.45) is 5.73 Å². The molecule has 3 N–H and O–H groups in total. The average molecular weight is 533 g/mol. The lowest BCUT2D eigenvalue weighted by atomic mass is 9.78. The van der Waals surface area contributed by atoms with Crippen LogP contribution in [0.15, 0.2) is 60.8 Å². The van der Waals surface area contributed by atoms with Crippen molar-refractivity contribution in [2.75, 3.05) is 0 Å². The number of hydrogen-bond donors (Lipinski definition) is 2. The van der Waals surface area contributed by atoms with Crippen molar-refractivity contribution in [1.82, 2.24) is 15.3 Å². The quantitative estimate of drug-likeness (QED) is 0.401. The van der Waals surface area contributed by atoms with Crippen LogP contribution in [-0.4, -0.2) is 39.7 Å². The van der Waals surface area contributed by atoms with Crippen LogP contribution in [-0.2, 0) is 16.8 Å². The smallest absolute Gasteiger partial charge is 0.407 e. The van der Waals surface area contributed by atoms with E-state index in [2.05, 4.69) is 41.3 Å². The molecule has 0 unspecified atom stereocenters. The van der Waals surface area contributed by atoms with Gasteiger partial charge in [-0.15, -0.1) is 0 Å². The second-order valence-corrected chi connectivity index (χ2v) is 11.3. The van der Waals surface area contributed by atoms with Gasteiger partial charge in [0, 0.05) is 30.0 Å². The molecule has 3 aromatic rings. The number of benzene rings is 2. The summed E-state index contributed by atoms with van der Waals surface area (Å²) in [6.45, 7) is 10.3. The first-order valence-electron chi connectivity index (χ1n) is 13.0. The Morgan fingerprint density at radius 3 is 2.05 bits per heavy atom. The van der Waals surface area contributed by atoms with Crippen LogP contribution >= 0.6 is 0 Å². The minimum atomic E-state index is -0.674. The molecule has 0 radical (unpaired) electrons. The highest BCUT2D eigenvalue weighted by Gasteiger charge is 2.34. The van der Waals surface area contributed by atoms with E-state index in [-0.39, 0.29) is 41.7 Å². The molecule has 0 bridgehead atoms. The average Bonchev–Trinajstić information content (AvgIpc) is 2.86. The number of carbonyl (C=O) groups excluding carboxylic acids is 2. The number of nitrogens with two attached hydrogens (primary N) is 1. The number of primary amides is 1. The number of amides is 2. The van der Waals surface area contributed by atoms with Crippen molar-refractivity contribution in [1.29, 1.82) is 0 Å². The summed E-state index contributed by atoms with van der Waals surface area (Å²) < 4.78 is 17.3. The summed E-state index contributed by atoms with van der Waals surface area (Å²) >= 11 is 0. The molecule has 1 aliphatic carbocycles. The molecule has 2 amide bonds. The molecular formula is C30H36N4O5. The highest BCUT2D eigenvalue weighted by atomic mass is 16.6. The van der Waals surface area contributed by atoms with Crippen molar-refractivity contribution in [3.8, 4) is 11.5 Å². The highest BCUT2D eigenvalue weighted by molar-refractivity contribution is 5.88. The van der Waals surface area contributed by atoms with Crippen LogP contribution in [0, 0.1) is 0 Å². The Labute approximate surface area is 229 Å². The van der Waals surface area contributed by atoms with E-state index in [1.165, 1.54) is 6.20 Å². The Kier molecular flexibility index (Phi) is 8.09. The van der Waals surface area contributed by atoms with Crippen LogP contribution in [0.1, 0.15) is 74.9 Å². The predicted molar refractivity (Wildman–Crippen MR) is 147 cm³/mol. The second kappa shape index (κ2) is 11.3. The molecule has 0 atom stereocenters. The van der Waals surface area contributed by atoms with Gasteiger partial charge in [-0.25, -0.2) is 14.8 Å². The van der Waals surface area contributed by atoms with Crippen molar-refractivity contribution in [3.63, 3.8) is 0 Å². The summed E-state index contributed by atoms with van der Waals surface area (Å²) in [6, 6.07) is 17.7. The van der Waals surface area contributed by atoms with E-state index in [1.807, 2.05) is 57.2 Å². The van der Waals surface area contributed by atoms with Crippen LogP contribution in [0.25, 0.3) is 0 Å². The van der Waals surface area contributed by atoms with Gasteiger partial charge in [-0.3, -0.25) is 4.79 Å². The fraction of sp³-hybridized carbons (Fsp3) is 0.400. The molecule has 2 aromatic carbocycles. The maximum Gasteiger partial charge on any atom is 0.407 e. The molecule has 1 heterocycles. The van der Waals surface area contributed by atoms with Gasteiger partial charge in [0.1, 0.15) is 30.3 Å². The Bertz CT molecular complexity index is 1290. The maximum absolute atomic E-state index is 11.9. The third-order valence-electron chi connectivity index (χ3n) is 6.58. The summed E-state index contributed by atoms with van der Waals surface area (Å²) in [5.41, 5.74) is 7.53. The number of rotatable bonds is 9. The Morgan fingerprint density at radius 1 is 0.897 bits per heavy atom. The first-order chi connectivity index (χ1) is 18.4. The Morgan fingerprint density at radius 2 is 1.49 bits per heavy atom. The van der Waals surface area contributed by atoms with Gasteiger partial charge in [0.25, 0.3) is 5.91 Å². The molecule has 0 aliphatic heterocycles. The zero-order valence-electron chi connectivity index (χ0n) is 23.1. The number of aromatic nitrogens is 2.